The zero-order chi connectivity index (χ0) is 14.0. The van der Waals surface area contributed by atoms with Crippen molar-refractivity contribution in [2.24, 2.45) is 5.92 Å². The lowest BCUT2D eigenvalue weighted by molar-refractivity contribution is -0.123. The van der Waals surface area contributed by atoms with E-state index in [-0.39, 0.29) is 25.9 Å². The SMILES string of the molecule is O=C1NCC(CO)C1(c1ccccc1)c1ccccc1.[CH]. The van der Waals surface area contributed by atoms with Crippen LogP contribution in [0.25, 0.3) is 0 Å². The molecule has 1 unspecified atom stereocenters. The summed E-state index contributed by atoms with van der Waals surface area (Å²) in [5.74, 6) is -0.186. The summed E-state index contributed by atoms with van der Waals surface area (Å²) in [5, 5.41) is 12.7. The van der Waals surface area contributed by atoms with E-state index in [0.29, 0.717) is 6.54 Å². The van der Waals surface area contributed by atoms with E-state index in [2.05, 4.69) is 5.32 Å². The quantitative estimate of drug-likeness (QED) is 0.902. The van der Waals surface area contributed by atoms with Crippen molar-refractivity contribution in [2.75, 3.05) is 13.2 Å². The molecular weight excluding hydrogens is 262 g/mol. The van der Waals surface area contributed by atoms with Gasteiger partial charge in [0.25, 0.3) is 0 Å². The lowest BCUT2D eigenvalue weighted by Crippen LogP contribution is -2.42. The van der Waals surface area contributed by atoms with Gasteiger partial charge in [-0.05, 0) is 18.6 Å². The third-order valence-corrected chi connectivity index (χ3v) is 4.16. The van der Waals surface area contributed by atoms with Crippen LogP contribution in [-0.2, 0) is 10.2 Å². The molecule has 107 valence electrons. The normalized spacial score (nSPS) is 19.7. The van der Waals surface area contributed by atoms with Crippen molar-refractivity contribution in [3.05, 3.63) is 79.2 Å². The molecule has 2 N–H and O–H groups in total. The lowest BCUT2D eigenvalue weighted by atomic mass is 9.67. The summed E-state index contributed by atoms with van der Waals surface area (Å²) in [5.41, 5.74) is 1.07. The van der Waals surface area contributed by atoms with Crippen LogP contribution < -0.4 is 5.32 Å². The number of aliphatic hydroxyl groups excluding tert-OH is 1. The summed E-state index contributed by atoms with van der Waals surface area (Å²) in [6, 6.07) is 19.4. The molecule has 1 amide bonds. The number of nitrogens with one attached hydrogen (secondary N) is 1. The summed E-state index contributed by atoms with van der Waals surface area (Å²) >= 11 is 0. The second kappa shape index (κ2) is 6.10. The fourth-order valence-corrected chi connectivity index (χ4v) is 3.20. The third-order valence-electron chi connectivity index (χ3n) is 4.16. The van der Waals surface area contributed by atoms with Crippen molar-refractivity contribution in [3.63, 3.8) is 0 Å². The molecule has 1 atom stereocenters. The standard InChI is InChI=1S/C17H17NO2.CH/c19-12-15-11-18-16(20)17(15,13-7-3-1-4-8-13)14-9-5-2-6-10-14;/h1-10,15,19H,11-12H2,(H,18,20);1H. The van der Waals surface area contributed by atoms with Gasteiger partial charge in [0.15, 0.2) is 0 Å². The number of benzene rings is 2. The Hall–Kier alpha value is -2.13. The van der Waals surface area contributed by atoms with Gasteiger partial charge in [0.05, 0.1) is 0 Å². The molecule has 1 aliphatic rings. The first-order valence-corrected chi connectivity index (χ1v) is 6.80. The fraction of sp³-hybridized carbons (Fsp3) is 0.222. The Kier molecular flexibility index (Phi) is 4.43. The molecule has 0 spiro atoms. The van der Waals surface area contributed by atoms with Crippen molar-refractivity contribution in [1.29, 1.82) is 0 Å². The average Bonchev–Trinajstić information content (AvgIpc) is 2.86. The molecule has 0 aliphatic carbocycles. The van der Waals surface area contributed by atoms with Gasteiger partial charge in [-0.15, -0.1) is 0 Å². The Morgan fingerprint density at radius 3 is 1.90 bits per heavy atom. The highest BCUT2D eigenvalue weighted by atomic mass is 16.3. The maximum Gasteiger partial charge on any atom is 0.235 e. The van der Waals surface area contributed by atoms with Crippen LogP contribution >= 0.6 is 0 Å². The minimum Gasteiger partial charge on any atom is -0.396 e. The van der Waals surface area contributed by atoms with Gasteiger partial charge in [0.2, 0.25) is 5.91 Å². The van der Waals surface area contributed by atoms with Crippen LogP contribution in [0, 0.1) is 13.3 Å². The summed E-state index contributed by atoms with van der Waals surface area (Å²) in [7, 11) is 0. The molecule has 1 fully saturated rings. The number of hydrogen-bond donors (Lipinski definition) is 2. The Balaban J connectivity index is 0.00000161. The first kappa shape index (κ1) is 15.3. The van der Waals surface area contributed by atoms with Crippen LogP contribution in [0.15, 0.2) is 60.7 Å². The van der Waals surface area contributed by atoms with Crippen molar-refractivity contribution < 1.29 is 9.90 Å². The van der Waals surface area contributed by atoms with E-state index < -0.39 is 5.41 Å². The third kappa shape index (κ3) is 2.24. The van der Waals surface area contributed by atoms with Crippen LogP contribution in [0.4, 0.5) is 0 Å². The molecule has 3 nitrogen and oxygen atoms in total. The van der Waals surface area contributed by atoms with E-state index in [4.69, 9.17) is 0 Å². The minimum atomic E-state index is -0.794. The number of hydrogen-bond acceptors (Lipinski definition) is 2. The maximum absolute atomic E-state index is 12.6. The highest BCUT2D eigenvalue weighted by molar-refractivity contribution is 5.94. The molecule has 3 rings (SSSR count). The molecule has 2 aromatic carbocycles. The van der Waals surface area contributed by atoms with Gasteiger partial charge in [-0.1, -0.05) is 60.7 Å². The highest BCUT2D eigenvalue weighted by Gasteiger charge is 2.52. The topological polar surface area (TPSA) is 49.3 Å². The molecule has 0 bridgehead atoms. The van der Waals surface area contributed by atoms with Gasteiger partial charge in [-0.25, -0.2) is 0 Å². The first-order chi connectivity index (χ1) is 9.80. The number of carbonyl (C=O) groups is 1. The van der Waals surface area contributed by atoms with E-state index >= 15 is 0 Å². The van der Waals surface area contributed by atoms with Crippen molar-refractivity contribution >= 4 is 5.91 Å². The maximum atomic E-state index is 12.6. The summed E-state index contributed by atoms with van der Waals surface area (Å²) < 4.78 is 0. The number of carbonyl (C=O) groups excluding carboxylic acids is 1. The molecule has 0 aromatic heterocycles. The Labute approximate surface area is 125 Å². The van der Waals surface area contributed by atoms with Gasteiger partial charge < -0.3 is 10.4 Å². The summed E-state index contributed by atoms with van der Waals surface area (Å²) in [6.07, 6.45) is 0. The predicted molar refractivity (Wildman–Crippen MR) is 81.5 cm³/mol. The van der Waals surface area contributed by atoms with Crippen molar-refractivity contribution in [2.45, 2.75) is 5.41 Å². The smallest absolute Gasteiger partial charge is 0.235 e. The van der Waals surface area contributed by atoms with Crippen LogP contribution in [0.3, 0.4) is 0 Å². The average molecular weight is 280 g/mol. The van der Waals surface area contributed by atoms with E-state index in [9.17, 15) is 9.90 Å². The van der Waals surface area contributed by atoms with E-state index in [1.54, 1.807) is 0 Å². The predicted octanol–water partition coefficient (Wildman–Crippen LogP) is 1.92. The summed E-state index contributed by atoms with van der Waals surface area (Å²) in [6.45, 7) is 0.474. The van der Waals surface area contributed by atoms with Gasteiger partial charge in [-0.2, -0.15) is 0 Å². The highest BCUT2D eigenvalue weighted by Crippen LogP contribution is 2.42. The molecule has 1 aliphatic heterocycles. The van der Waals surface area contributed by atoms with Gasteiger partial charge >= 0.3 is 0 Å². The van der Waals surface area contributed by atoms with E-state index in [1.807, 2.05) is 60.7 Å². The van der Waals surface area contributed by atoms with Crippen LogP contribution in [0.1, 0.15) is 11.1 Å². The number of amides is 1. The van der Waals surface area contributed by atoms with Crippen molar-refractivity contribution in [1.82, 2.24) is 5.32 Å². The molecule has 3 heteroatoms. The Bertz CT molecular complexity index is 556. The van der Waals surface area contributed by atoms with E-state index in [0.717, 1.165) is 11.1 Å². The number of rotatable bonds is 3. The zero-order valence-corrected chi connectivity index (χ0v) is 11.7. The van der Waals surface area contributed by atoms with E-state index in [1.165, 1.54) is 0 Å². The molecule has 1 saturated heterocycles. The summed E-state index contributed by atoms with van der Waals surface area (Å²) in [4.78, 5) is 12.6. The molecule has 3 radical (unpaired) electrons. The van der Waals surface area contributed by atoms with Crippen LogP contribution in [0.5, 0.6) is 0 Å². The zero-order valence-electron chi connectivity index (χ0n) is 11.7. The van der Waals surface area contributed by atoms with Gasteiger partial charge in [-0.3, -0.25) is 4.79 Å². The lowest BCUT2D eigenvalue weighted by Gasteiger charge is -2.32. The number of aliphatic hydroxyl groups is 1. The largest absolute Gasteiger partial charge is 0.396 e. The Morgan fingerprint density at radius 1 is 1.00 bits per heavy atom. The van der Waals surface area contributed by atoms with Crippen molar-refractivity contribution in [3.8, 4) is 0 Å². The molecule has 0 saturated carbocycles. The molecular formula is C18H18NO2. The van der Waals surface area contributed by atoms with Crippen LogP contribution in [-0.4, -0.2) is 24.2 Å². The minimum absolute atomic E-state index is 0. The van der Waals surface area contributed by atoms with Gasteiger partial charge in [0, 0.05) is 19.1 Å². The first-order valence-electron chi connectivity index (χ1n) is 6.80. The molecule has 2 aromatic rings. The molecule has 1 heterocycles. The molecule has 21 heavy (non-hydrogen) atoms. The second-order valence-corrected chi connectivity index (χ2v) is 5.13. The second-order valence-electron chi connectivity index (χ2n) is 5.13. The van der Waals surface area contributed by atoms with Crippen LogP contribution in [0.2, 0.25) is 0 Å². The Morgan fingerprint density at radius 2 is 1.48 bits per heavy atom. The fourth-order valence-electron chi connectivity index (χ4n) is 3.20. The monoisotopic (exact) mass is 280 g/mol. The van der Waals surface area contributed by atoms with Gasteiger partial charge in [0.1, 0.15) is 5.41 Å².